The molecule has 0 amide bonds. The Kier molecular flexibility index (Phi) is 10.6. The van der Waals surface area contributed by atoms with Crippen molar-refractivity contribution in [3.8, 4) is 0 Å². The van der Waals surface area contributed by atoms with E-state index in [9.17, 15) is 0 Å². The molecule has 1 fully saturated rings. The zero-order chi connectivity index (χ0) is 18.9. The van der Waals surface area contributed by atoms with E-state index < -0.39 is 0 Å². The van der Waals surface area contributed by atoms with Crippen LogP contribution in [-0.4, -0.2) is 50.3 Å². The molecule has 2 N–H and O–H groups in total. The molecule has 2 aromatic rings. The van der Waals surface area contributed by atoms with Gasteiger partial charge >= 0.3 is 0 Å². The summed E-state index contributed by atoms with van der Waals surface area (Å²) in [5.74, 6) is 0.845. The van der Waals surface area contributed by atoms with E-state index in [4.69, 9.17) is 21.3 Å². The van der Waals surface area contributed by atoms with Crippen LogP contribution < -0.4 is 10.6 Å². The van der Waals surface area contributed by atoms with Crippen LogP contribution in [0.3, 0.4) is 0 Å². The Labute approximate surface area is 193 Å². The third kappa shape index (κ3) is 7.18. The molecule has 8 heteroatoms. The highest BCUT2D eigenvalue weighted by Gasteiger charge is 2.22. The van der Waals surface area contributed by atoms with E-state index in [2.05, 4.69) is 52.1 Å². The lowest BCUT2D eigenvalue weighted by Crippen LogP contribution is -2.46. The van der Waals surface area contributed by atoms with E-state index in [0.29, 0.717) is 6.54 Å². The number of morpholine rings is 1. The average Bonchev–Trinajstić information content (AvgIpc) is 3.22. The van der Waals surface area contributed by atoms with Gasteiger partial charge in [0.2, 0.25) is 0 Å². The van der Waals surface area contributed by atoms with Crippen molar-refractivity contribution in [2.75, 3.05) is 39.4 Å². The van der Waals surface area contributed by atoms with Gasteiger partial charge < -0.3 is 15.4 Å². The summed E-state index contributed by atoms with van der Waals surface area (Å²) in [4.78, 5) is 8.44. The van der Waals surface area contributed by atoms with Gasteiger partial charge in [0.05, 0.1) is 25.8 Å². The van der Waals surface area contributed by atoms with Crippen molar-refractivity contribution in [3.63, 3.8) is 0 Å². The van der Waals surface area contributed by atoms with Gasteiger partial charge in [-0.2, -0.15) is 0 Å². The summed E-state index contributed by atoms with van der Waals surface area (Å²) in [7, 11) is 0. The van der Waals surface area contributed by atoms with Gasteiger partial charge in [-0.25, -0.2) is 4.99 Å². The predicted octanol–water partition coefficient (Wildman–Crippen LogP) is 4.15. The minimum Gasteiger partial charge on any atom is -0.379 e. The molecule has 28 heavy (non-hydrogen) atoms. The molecule has 1 aliphatic rings. The predicted molar refractivity (Wildman–Crippen MR) is 129 cm³/mol. The second kappa shape index (κ2) is 12.6. The van der Waals surface area contributed by atoms with Gasteiger partial charge in [0.1, 0.15) is 0 Å². The summed E-state index contributed by atoms with van der Waals surface area (Å²) >= 11 is 7.81. The Bertz CT molecular complexity index is 706. The van der Waals surface area contributed by atoms with E-state index in [0.717, 1.165) is 50.4 Å². The second-order valence-corrected chi connectivity index (χ2v) is 7.84. The van der Waals surface area contributed by atoms with E-state index >= 15 is 0 Å². The van der Waals surface area contributed by atoms with Crippen molar-refractivity contribution in [1.82, 2.24) is 15.5 Å². The van der Waals surface area contributed by atoms with Crippen molar-refractivity contribution in [2.45, 2.75) is 19.5 Å². The Morgan fingerprint density at radius 1 is 1.21 bits per heavy atom. The Hall–Kier alpha value is -0.870. The molecule has 0 bridgehead atoms. The van der Waals surface area contributed by atoms with Gasteiger partial charge in [-0.15, -0.1) is 35.3 Å². The van der Waals surface area contributed by atoms with Crippen LogP contribution in [0.1, 0.15) is 23.4 Å². The van der Waals surface area contributed by atoms with Gasteiger partial charge in [-0.05, 0) is 36.1 Å². The fourth-order valence-corrected chi connectivity index (χ4v) is 3.88. The number of rotatable bonds is 7. The van der Waals surface area contributed by atoms with Gasteiger partial charge in [0.15, 0.2) is 5.96 Å². The molecule has 0 saturated carbocycles. The zero-order valence-corrected chi connectivity index (χ0v) is 20.0. The normalized spacial score (nSPS) is 16.3. The third-order valence-electron chi connectivity index (χ3n) is 4.52. The molecule has 0 radical (unpaired) electrons. The zero-order valence-electron chi connectivity index (χ0n) is 16.1. The summed E-state index contributed by atoms with van der Waals surface area (Å²) in [6, 6.07) is 12.6. The van der Waals surface area contributed by atoms with Crippen LogP contribution >= 0.6 is 46.9 Å². The maximum Gasteiger partial charge on any atom is 0.191 e. The van der Waals surface area contributed by atoms with Gasteiger partial charge in [0, 0.05) is 36.1 Å². The van der Waals surface area contributed by atoms with Gasteiger partial charge in [0.25, 0.3) is 0 Å². The number of hydrogen-bond acceptors (Lipinski definition) is 4. The average molecular weight is 535 g/mol. The second-order valence-electron chi connectivity index (χ2n) is 6.37. The summed E-state index contributed by atoms with van der Waals surface area (Å²) < 4.78 is 5.53. The number of nitrogens with zero attached hydrogens (tertiary/aromatic N) is 2. The molecule has 0 spiro atoms. The van der Waals surface area contributed by atoms with Gasteiger partial charge in [-0.1, -0.05) is 29.8 Å². The number of thiophene rings is 1. The highest BCUT2D eigenvalue weighted by Crippen LogP contribution is 2.23. The lowest BCUT2D eigenvalue weighted by molar-refractivity contribution is 0.0170. The number of aliphatic imine (C=N–C) groups is 1. The van der Waals surface area contributed by atoms with Crippen molar-refractivity contribution >= 4 is 52.9 Å². The van der Waals surface area contributed by atoms with Crippen LogP contribution in [0.4, 0.5) is 0 Å². The first-order chi connectivity index (χ1) is 13.3. The smallest absolute Gasteiger partial charge is 0.191 e. The van der Waals surface area contributed by atoms with Crippen molar-refractivity contribution in [2.24, 2.45) is 4.99 Å². The minimum atomic E-state index is 0. The van der Waals surface area contributed by atoms with Crippen molar-refractivity contribution < 1.29 is 4.74 Å². The third-order valence-corrected chi connectivity index (χ3v) is 5.63. The first kappa shape index (κ1) is 23.4. The maximum absolute atomic E-state index is 6.08. The van der Waals surface area contributed by atoms with Crippen LogP contribution in [0.15, 0.2) is 46.8 Å². The molecule has 1 saturated heterocycles. The fraction of sp³-hybridized carbons (Fsp3) is 0.450. The monoisotopic (exact) mass is 534 g/mol. The molecule has 3 rings (SSSR count). The topological polar surface area (TPSA) is 48.9 Å². The van der Waals surface area contributed by atoms with E-state index in [-0.39, 0.29) is 30.0 Å². The quantitative estimate of drug-likeness (QED) is 0.318. The maximum atomic E-state index is 6.08. The lowest BCUT2D eigenvalue weighted by atomic mass is 10.0. The lowest BCUT2D eigenvalue weighted by Gasteiger charge is -2.35. The first-order valence-corrected chi connectivity index (χ1v) is 10.6. The van der Waals surface area contributed by atoms with E-state index in [1.54, 1.807) is 11.3 Å². The number of guanidine groups is 1. The highest BCUT2D eigenvalue weighted by molar-refractivity contribution is 14.0. The molecule has 2 heterocycles. The van der Waals surface area contributed by atoms with Crippen molar-refractivity contribution in [1.29, 1.82) is 0 Å². The summed E-state index contributed by atoms with van der Waals surface area (Å²) in [5.41, 5.74) is 1.25. The van der Waals surface area contributed by atoms with Crippen LogP contribution in [0, 0.1) is 0 Å². The molecular formula is C20H28ClIN4OS. The number of benzene rings is 1. The molecule has 154 valence electrons. The number of ether oxygens (including phenoxy) is 1. The number of nitrogens with one attached hydrogen (secondary N) is 2. The summed E-state index contributed by atoms with van der Waals surface area (Å²) in [6.07, 6.45) is 0. The Morgan fingerprint density at radius 3 is 2.61 bits per heavy atom. The number of hydrogen-bond donors (Lipinski definition) is 2. The molecule has 1 aromatic carbocycles. The molecule has 1 aliphatic heterocycles. The van der Waals surface area contributed by atoms with Crippen LogP contribution in [0.25, 0.3) is 0 Å². The molecule has 1 aromatic heterocycles. The molecule has 1 atom stereocenters. The van der Waals surface area contributed by atoms with Crippen LogP contribution in [0.2, 0.25) is 5.02 Å². The Balaban J connectivity index is 0.00000280. The van der Waals surface area contributed by atoms with E-state index in [1.165, 1.54) is 10.4 Å². The number of halogens is 2. The molecular weight excluding hydrogens is 507 g/mol. The summed E-state index contributed by atoms with van der Waals surface area (Å²) in [6.45, 7) is 7.79. The molecule has 0 aliphatic carbocycles. The van der Waals surface area contributed by atoms with Crippen LogP contribution in [-0.2, 0) is 11.3 Å². The fourth-order valence-electron chi connectivity index (χ4n) is 3.13. The SMILES string of the molecule is CCNC(=NCc1cccs1)NCC(c1ccc(Cl)cc1)N1CCOCC1.I. The highest BCUT2D eigenvalue weighted by atomic mass is 127. The first-order valence-electron chi connectivity index (χ1n) is 9.38. The molecule has 5 nitrogen and oxygen atoms in total. The van der Waals surface area contributed by atoms with Crippen molar-refractivity contribution in [3.05, 3.63) is 57.2 Å². The van der Waals surface area contributed by atoms with Crippen LogP contribution in [0.5, 0.6) is 0 Å². The largest absolute Gasteiger partial charge is 0.379 e. The van der Waals surface area contributed by atoms with Gasteiger partial charge in [-0.3, -0.25) is 4.90 Å². The summed E-state index contributed by atoms with van der Waals surface area (Å²) in [5, 5.41) is 9.71. The standard InChI is InChI=1S/C20H27ClN4OS.HI/c1-2-22-20(23-14-18-4-3-13-27-18)24-15-19(25-9-11-26-12-10-25)16-5-7-17(21)8-6-16;/h3-8,13,19H,2,9-12,14-15H2,1H3,(H2,22,23,24);1H. The van der Waals surface area contributed by atoms with E-state index in [1.807, 2.05) is 12.1 Å². The molecule has 1 unspecified atom stereocenters. The minimum absolute atomic E-state index is 0. The Morgan fingerprint density at radius 2 is 1.96 bits per heavy atom.